The minimum atomic E-state index is -0.250. The first-order chi connectivity index (χ1) is 6.32. The molecule has 1 aliphatic rings. The SMILES string of the molecule is C=C(NC(C)C(C)(C)C)C1(C#N)CC1. The molecule has 1 aliphatic carbocycles. The van der Waals surface area contributed by atoms with Crippen molar-refractivity contribution in [3.05, 3.63) is 12.3 Å². The second kappa shape index (κ2) is 3.31. The fourth-order valence-corrected chi connectivity index (χ4v) is 1.22. The summed E-state index contributed by atoms with van der Waals surface area (Å²) in [5.41, 5.74) is 0.857. The van der Waals surface area contributed by atoms with E-state index in [2.05, 4.69) is 45.7 Å². The van der Waals surface area contributed by atoms with Crippen molar-refractivity contribution in [2.24, 2.45) is 10.8 Å². The highest BCUT2D eigenvalue weighted by atomic mass is 15.0. The second-order valence-electron chi connectivity index (χ2n) is 5.40. The molecule has 2 nitrogen and oxygen atoms in total. The molecule has 0 aromatic heterocycles. The fourth-order valence-electron chi connectivity index (χ4n) is 1.22. The molecule has 0 aromatic rings. The Hall–Kier alpha value is -0.970. The molecule has 1 saturated carbocycles. The number of nitriles is 1. The van der Waals surface area contributed by atoms with Crippen molar-refractivity contribution in [1.82, 2.24) is 5.32 Å². The van der Waals surface area contributed by atoms with Gasteiger partial charge in [-0.1, -0.05) is 27.4 Å². The second-order valence-corrected chi connectivity index (χ2v) is 5.40. The van der Waals surface area contributed by atoms with Crippen molar-refractivity contribution >= 4 is 0 Å². The van der Waals surface area contributed by atoms with E-state index in [1.165, 1.54) is 0 Å². The molecule has 0 bridgehead atoms. The summed E-state index contributed by atoms with van der Waals surface area (Å²) in [6, 6.07) is 2.69. The molecule has 0 aromatic carbocycles. The summed E-state index contributed by atoms with van der Waals surface area (Å²) in [6.45, 7) is 12.7. The van der Waals surface area contributed by atoms with Gasteiger partial charge < -0.3 is 5.32 Å². The van der Waals surface area contributed by atoms with Gasteiger partial charge in [-0.3, -0.25) is 0 Å². The van der Waals surface area contributed by atoms with Crippen molar-refractivity contribution in [1.29, 1.82) is 5.26 Å². The van der Waals surface area contributed by atoms with Crippen LogP contribution < -0.4 is 5.32 Å². The monoisotopic (exact) mass is 192 g/mol. The van der Waals surface area contributed by atoms with Gasteiger partial charge in [-0.25, -0.2) is 0 Å². The molecule has 0 amide bonds. The summed E-state index contributed by atoms with van der Waals surface area (Å²) in [7, 11) is 0. The van der Waals surface area contributed by atoms with Gasteiger partial charge in [0.15, 0.2) is 0 Å². The molecule has 1 N–H and O–H groups in total. The van der Waals surface area contributed by atoms with E-state index in [-0.39, 0.29) is 10.8 Å². The maximum atomic E-state index is 8.99. The summed E-state index contributed by atoms with van der Waals surface area (Å²) in [5, 5.41) is 12.3. The van der Waals surface area contributed by atoms with E-state index in [0.717, 1.165) is 18.5 Å². The van der Waals surface area contributed by atoms with Gasteiger partial charge >= 0.3 is 0 Å². The quantitative estimate of drug-likeness (QED) is 0.746. The number of nitrogens with one attached hydrogen (secondary N) is 1. The summed E-state index contributed by atoms with van der Waals surface area (Å²) >= 11 is 0. The first-order valence-electron chi connectivity index (χ1n) is 5.19. The first-order valence-corrected chi connectivity index (χ1v) is 5.19. The Balaban J connectivity index is 2.55. The summed E-state index contributed by atoms with van der Waals surface area (Å²) in [6.07, 6.45) is 1.93. The van der Waals surface area contributed by atoms with Gasteiger partial charge in [0.1, 0.15) is 0 Å². The van der Waals surface area contributed by atoms with Crippen LogP contribution >= 0.6 is 0 Å². The van der Waals surface area contributed by atoms with Gasteiger partial charge in [-0.2, -0.15) is 5.26 Å². The molecule has 78 valence electrons. The average Bonchev–Trinajstić information content (AvgIpc) is 2.82. The largest absolute Gasteiger partial charge is 0.385 e. The number of hydrogen-bond donors (Lipinski definition) is 1. The van der Waals surface area contributed by atoms with Crippen LogP contribution in [0.3, 0.4) is 0 Å². The molecule has 0 heterocycles. The van der Waals surface area contributed by atoms with Crippen LogP contribution in [0.5, 0.6) is 0 Å². The van der Waals surface area contributed by atoms with E-state index in [0.29, 0.717) is 6.04 Å². The molecule has 1 unspecified atom stereocenters. The Morgan fingerprint density at radius 2 is 2.00 bits per heavy atom. The van der Waals surface area contributed by atoms with Crippen molar-refractivity contribution < 1.29 is 0 Å². The predicted octanol–water partition coefficient (Wildman–Crippen LogP) is 2.83. The van der Waals surface area contributed by atoms with Gasteiger partial charge in [0.25, 0.3) is 0 Å². The van der Waals surface area contributed by atoms with Crippen LogP contribution in [-0.4, -0.2) is 6.04 Å². The van der Waals surface area contributed by atoms with Crippen molar-refractivity contribution in [2.75, 3.05) is 0 Å². The van der Waals surface area contributed by atoms with Gasteiger partial charge in [-0.05, 0) is 25.2 Å². The minimum Gasteiger partial charge on any atom is -0.385 e. The lowest BCUT2D eigenvalue weighted by Gasteiger charge is -2.30. The topological polar surface area (TPSA) is 35.8 Å². The third-order valence-corrected chi connectivity index (χ3v) is 3.23. The van der Waals surface area contributed by atoms with Crippen molar-refractivity contribution in [2.45, 2.75) is 46.6 Å². The Morgan fingerprint density at radius 1 is 1.50 bits per heavy atom. The fraction of sp³-hybridized carbons (Fsp3) is 0.750. The van der Waals surface area contributed by atoms with E-state index < -0.39 is 0 Å². The van der Waals surface area contributed by atoms with Crippen molar-refractivity contribution in [3.8, 4) is 6.07 Å². The molecular weight excluding hydrogens is 172 g/mol. The van der Waals surface area contributed by atoms with Gasteiger partial charge in [0.05, 0.1) is 11.5 Å². The highest BCUT2D eigenvalue weighted by Crippen LogP contribution is 2.49. The van der Waals surface area contributed by atoms with E-state index in [1.807, 2.05) is 0 Å². The first kappa shape index (κ1) is 11.1. The lowest BCUT2D eigenvalue weighted by molar-refractivity contribution is 0.297. The van der Waals surface area contributed by atoms with Crippen LogP contribution in [0.4, 0.5) is 0 Å². The van der Waals surface area contributed by atoms with E-state index in [9.17, 15) is 0 Å². The third-order valence-electron chi connectivity index (χ3n) is 3.23. The Kier molecular flexibility index (Phi) is 2.63. The lowest BCUT2D eigenvalue weighted by atomic mass is 9.87. The van der Waals surface area contributed by atoms with E-state index >= 15 is 0 Å². The Bertz CT molecular complexity index is 274. The number of hydrogen-bond acceptors (Lipinski definition) is 2. The maximum Gasteiger partial charge on any atom is 0.0963 e. The number of nitrogens with zero attached hydrogens (tertiary/aromatic N) is 1. The summed E-state index contributed by atoms with van der Waals surface area (Å²) in [5.74, 6) is 0. The molecule has 1 atom stereocenters. The molecule has 0 saturated heterocycles. The van der Waals surface area contributed by atoms with Gasteiger partial charge in [0.2, 0.25) is 0 Å². The number of allylic oxidation sites excluding steroid dienone is 1. The van der Waals surface area contributed by atoms with Crippen LogP contribution in [0.2, 0.25) is 0 Å². The predicted molar refractivity (Wildman–Crippen MR) is 58.5 cm³/mol. The third kappa shape index (κ3) is 2.09. The molecular formula is C12H20N2. The smallest absolute Gasteiger partial charge is 0.0963 e. The summed E-state index contributed by atoms with van der Waals surface area (Å²) in [4.78, 5) is 0. The van der Waals surface area contributed by atoms with E-state index in [1.54, 1.807) is 0 Å². The van der Waals surface area contributed by atoms with Gasteiger partial charge in [0, 0.05) is 11.7 Å². The van der Waals surface area contributed by atoms with E-state index in [4.69, 9.17) is 5.26 Å². The zero-order valence-corrected chi connectivity index (χ0v) is 9.65. The average molecular weight is 192 g/mol. The molecule has 2 heteroatoms. The Labute approximate surface area is 87.0 Å². The van der Waals surface area contributed by atoms with Crippen LogP contribution in [0.1, 0.15) is 40.5 Å². The molecule has 1 rings (SSSR count). The van der Waals surface area contributed by atoms with Crippen LogP contribution in [0.15, 0.2) is 12.3 Å². The molecule has 0 aliphatic heterocycles. The summed E-state index contributed by atoms with van der Waals surface area (Å²) < 4.78 is 0. The van der Waals surface area contributed by atoms with Crippen LogP contribution in [-0.2, 0) is 0 Å². The molecule has 1 fully saturated rings. The number of rotatable bonds is 3. The molecule has 0 spiro atoms. The van der Waals surface area contributed by atoms with Crippen LogP contribution in [0, 0.1) is 22.2 Å². The Morgan fingerprint density at radius 3 is 2.29 bits per heavy atom. The lowest BCUT2D eigenvalue weighted by Crippen LogP contribution is -2.38. The minimum absolute atomic E-state index is 0.203. The maximum absolute atomic E-state index is 8.99. The normalized spacial score (nSPS) is 20.8. The zero-order chi connectivity index (χ0) is 11.0. The molecule has 14 heavy (non-hydrogen) atoms. The van der Waals surface area contributed by atoms with Crippen molar-refractivity contribution in [3.63, 3.8) is 0 Å². The zero-order valence-electron chi connectivity index (χ0n) is 9.65. The molecule has 0 radical (unpaired) electrons. The van der Waals surface area contributed by atoms with Gasteiger partial charge in [-0.15, -0.1) is 0 Å². The standard InChI is InChI=1S/C12H20N2/c1-9(11(3,4)5)14-10(2)12(8-13)6-7-12/h9,14H,2,6-7H2,1,3-5H3. The highest BCUT2D eigenvalue weighted by molar-refractivity contribution is 5.28. The highest BCUT2D eigenvalue weighted by Gasteiger charge is 2.46. The van der Waals surface area contributed by atoms with Crippen LogP contribution in [0.25, 0.3) is 0 Å².